The number of carbonyl (C=O) groups excluding carboxylic acids is 1. The Morgan fingerprint density at radius 2 is 2.00 bits per heavy atom. The van der Waals surface area contributed by atoms with Crippen LogP contribution in [0.15, 0.2) is 0 Å². The Hall–Kier alpha value is 1.14. The predicted octanol–water partition coefficient (Wildman–Crippen LogP) is 2.59. The van der Waals surface area contributed by atoms with Crippen molar-refractivity contribution in [3.8, 4) is 0 Å². The summed E-state index contributed by atoms with van der Waals surface area (Å²) in [5.74, 6) is -0.282. The van der Waals surface area contributed by atoms with Crippen LogP contribution in [-0.4, -0.2) is 27.6 Å². The van der Waals surface area contributed by atoms with Crippen molar-refractivity contribution in [1.82, 2.24) is 0 Å². The molecule has 0 saturated carbocycles. The van der Waals surface area contributed by atoms with Gasteiger partial charge in [0.25, 0.3) is 0 Å². The topological polar surface area (TPSA) is 26.3 Å². The molecule has 0 aliphatic rings. The van der Waals surface area contributed by atoms with Crippen molar-refractivity contribution < 1.29 is 9.53 Å². The molecule has 0 atom stereocenters. The fourth-order valence-corrected chi connectivity index (χ4v) is 3.77. The molecular weight excluding hydrogens is 317 g/mol. The van der Waals surface area contributed by atoms with E-state index in [-0.39, 0.29) is 12.4 Å². The number of ether oxygens (including phenoxy) is 1. The second-order valence-electron chi connectivity index (χ2n) is 1.92. The maximum absolute atomic E-state index is 10.7. The van der Waals surface area contributed by atoms with E-state index >= 15 is 0 Å². The summed E-state index contributed by atoms with van der Waals surface area (Å²) in [4.78, 5) is 10.7. The molecule has 0 aromatic heterocycles. The quantitative estimate of drug-likeness (QED) is 0.586. The summed E-state index contributed by atoms with van der Waals surface area (Å²) in [5, 5.41) is 0. The second kappa shape index (κ2) is 5.73. The second-order valence-corrected chi connectivity index (χ2v) is 23.7. The molecule has 0 aromatic rings. The molecular formula is C5H9Cl3O2Sn. The van der Waals surface area contributed by atoms with Crippen molar-refractivity contribution in [2.45, 2.75) is 17.8 Å². The van der Waals surface area contributed by atoms with Crippen molar-refractivity contribution in [3.63, 3.8) is 0 Å². The van der Waals surface area contributed by atoms with Crippen molar-refractivity contribution in [1.29, 1.82) is 0 Å². The molecule has 0 aromatic carbocycles. The minimum atomic E-state index is -3.29. The fourth-order valence-electron chi connectivity index (χ4n) is 0.477. The van der Waals surface area contributed by atoms with Crippen LogP contribution in [0.3, 0.4) is 0 Å². The third-order valence-corrected chi connectivity index (χ3v) is 7.05. The van der Waals surface area contributed by atoms with Crippen molar-refractivity contribution >= 4 is 47.7 Å². The zero-order valence-electron chi connectivity index (χ0n) is 6.07. The first kappa shape index (κ1) is 12.1. The van der Waals surface area contributed by atoms with E-state index in [9.17, 15) is 4.79 Å². The average Bonchev–Trinajstić information content (AvgIpc) is 1.83. The van der Waals surface area contributed by atoms with E-state index < -0.39 is 15.0 Å². The van der Waals surface area contributed by atoms with Gasteiger partial charge in [0, 0.05) is 0 Å². The molecule has 66 valence electrons. The summed E-state index contributed by atoms with van der Waals surface area (Å²) in [5.41, 5.74) is 0. The number of hydrogen-bond donors (Lipinski definition) is 0. The summed E-state index contributed by atoms with van der Waals surface area (Å²) >= 11 is -3.29. The summed E-state index contributed by atoms with van der Waals surface area (Å²) in [6.45, 7) is 2.13. The van der Waals surface area contributed by atoms with E-state index in [1.54, 1.807) is 6.92 Å². The van der Waals surface area contributed by atoms with Gasteiger partial charge in [0.1, 0.15) is 0 Å². The van der Waals surface area contributed by atoms with Crippen LogP contribution in [0, 0.1) is 0 Å². The zero-order valence-corrected chi connectivity index (χ0v) is 11.2. The standard InChI is InChI=1S/C5H9O2.3ClH.Sn/c1-3-5(6)7-4-2;;;;/h1,3-4H2,2H3;3*1H;/q;;;;+3/p-3. The first-order chi connectivity index (χ1) is 4.95. The first-order valence-electron chi connectivity index (χ1n) is 3.18. The molecule has 6 heteroatoms. The number of rotatable bonds is 4. The number of halogens is 3. The third-order valence-electron chi connectivity index (χ3n) is 0.918. The Kier molecular flexibility index (Phi) is 6.32. The molecule has 0 fully saturated rings. The Morgan fingerprint density at radius 3 is 2.36 bits per heavy atom. The minimum absolute atomic E-state index is 0.237. The molecule has 0 bridgehead atoms. The van der Waals surface area contributed by atoms with E-state index in [1.165, 1.54) is 0 Å². The fraction of sp³-hybridized carbons (Fsp3) is 0.800. The monoisotopic (exact) mass is 326 g/mol. The third kappa shape index (κ3) is 9.05. The molecule has 0 amide bonds. The van der Waals surface area contributed by atoms with Crippen LogP contribution < -0.4 is 0 Å². The number of esters is 1. The van der Waals surface area contributed by atoms with Gasteiger partial charge in [-0.05, 0) is 0 Å². The first-order valence-corrected chi connectivity index (χ1v) is 16.0. The summed E-state index contributed by atoms with van der Waals surface area (Å²) in [6.07, 6.45) is 0.237. The predicted molar refractivity (Wildman–Crippen MR) is 49.4 cm³/mol. The average molecular weight is 326 g/mol. The van der Waals surface area contributed by atoms with Gasteiger partial charge < -0.3 is 0 Å². The molecule has 0 radical (unpaired) electrons. The van der Waals surface area contributed by atoms with E-state index in [0.29, 0.717) is 11.0 Å². The van der Waals surface area contributed by atoms with Gasteiger partial charge in [0.15, 0.2) is 0 Å². The van der Waals surface area contributed by atoms with Crippen LogP contribution in [-0.2, 0) is 9.53 Å². The summed E-state index contributed by atoms with van der Waals surface area (Å²) < 4.78 is 5.06. The Morgan fingerprint density at radius 1 is 1.45 bits per heavy atom. The van der Waals surface area contributed by atoms with Crippen LogP contribution in [0.4, 0.5) is 0 Å². The van der Waals surface area contributed by atoms with Crippen molar-refractivity contribution in [2.24, 2.45) is 0 Å². The van der Waals surface area contributed by atoms with Gasteiger partial charge >= 0.3 is 81.6 Å². The van der Waals surface area contributed by atoms with E-state index in [2.05, 4.69) is 4.74 Å². The van der Waals surface area contributed by atoms with Crippen LogP contribution in [0.25, 0.3) is 0 Å². The van der Waals surface area contributed by atoms with Gasteiger partial charge in [-0.25, -0.2) is 0 Å². The van der Waals surface area contributed by atoms with Gasteiger partial charge in [-0.3, -0.25) is 0 Å². The zero-order chi connectivity index (χ0) is 8.91. The number of hydrogen-bond acceptors (Lipinski definition) is 2. The molecule has 0 aliphatic heterocycles. The maximum atomic E-state index is 10.7. The van der Waals surface area contributed by atoms with Gasteiger partial charge in [0.05, 0.1) is 0 Å². The van der Waals surface area contributed by atoms with Gasteiger partial charge in [-0.2, -0.15) is 0 Å². The number of carbonyl (C=O) groups is 1. The van der Waals surface area contributed by atoms with E-state index in [0.717, 1.165) is 0 Å². The SMILES string of the molecule is CCOC(=O)C[CH2][Sn]([Cl])([Cl])[Cl]. The normalized spacial score (nSPS) is 11.3. The molecule has 0 N–H and O–H groups in total. The van der Waals surface area contributed by atoms with Crippen LogP contribution in [0.5, 0.6) is 0 Å². The molecule has 11 heavy (non-hydrogen) atoms. The van der Waals surface area contributed by atoms with E-state index in [1.807, 2.05) is 0 Å². The molecule has 0 aliphatic carbocycles. The molecule has 0 unspecified atom stereocenters. The van der Waals surface area contributed by atoms with Crippen LogP contribution >= 0.6 is 26.8 Å². The van der Waals surface area contributed by atoms with Gasteiger partial charge in [-0.1, -0.05) is 0 Å². The van der Waals surface area contributed by atoms with Crippen LogP contribution in [0.2, 0.25) is 4.44 Å². The molecule has 0 rings (SSSR count). The van der Waals surface area contributed by atoms with E-state index in [4.69, 9.17) is 26.8 Å². The van der Waals surface area contributed by atoms with Crippen molar-refractivity contribution in [2.75, 3.05) is 6.61 Å². The molecule has 2 nitrogen and oxygen atoms in total. The Balaban J connectivity index is 3.46. The summed E-state index contributed by atoms with van der Waals surface area (Å²) in [7, 11) is 16.8. The Bertz CT molecular complexity index is 134. The van der Waals surface area contributed by atoms with Gasteiger partial charge in [0.2, 0.25) is 0 Å². The molecule has 0 heterocycles. The van der Waals surface area contributed by atoms with Crippen molar-refractivity contribution in [3.05, 3.63) is 0 Å². The molecule has 0 saturated heterocycles. The summed E-state index contributed by atoms with van der Waals surface area (Å²) in [6, 6.07) is 0. The van der Waals surface area contributed by atoms with Gasteiger partial charge in [-0.15, -0.1) is 0 Å². The Labute approximate surface area is 81.2 Å². The molecule has 0 spiro atoms. The van der Waals surface area contributed by atoms with Crippen LogP contribution in [0.1, 0.15) is 13.3 Å².